The lowest BCUT2D eigenvalue weighted by atomic mass is 10.2. The van der Waals surface area contributed by atoms with Crippen LogP contribution in [0.2, 0.25) is 0 Å². The van der Waals surface area contributed by atoms with Crippen molar-refractivity contribution in [2.75, 3.05) is 27.4 Å². The Bertz CT molecular complexity index is 1920. The summed E-state index contributed by atoms with van der Waals surface area (Å²) in [6.07, 6.45) is 12.0. The second-order valence-corrected chi connectivity index (χ2v) is 11.9. The minimum absolute atomic E-state index is 0.0274. The summed E-state index contributed by atoms with van der Waals surface area (Å²) >= 11 is 0. The van der Waals surface area contributed by atoms with Crippen LogP contribution in [0.1, 0.15) is 74.6 Å². The van der Waals surface area contributed by atoms with Crippen LogP contribution in [0.25, 0.3) is 12.2 Å². The number of hydrogen-bond acceptors (Lipinski definition) is 10. The Labute approximate surface area is 326 Å². The first kappa shape index (κ1) is 43.7. The Morgan fingerprint density at radius 3 is 1.34 bits per heavy atom. The SMILES string of the molecule is CCCCCOc1ccc(/C=C/C(=O)Oc2ccc(C#N)c(F)c2)cc1OC.CCCCCOc1ccc(/C=C/C(=O)Oc2ccc(C#N)c(F)c2)cc1OC. The summed E-state index contributed by atoms with van der Waals surface area (Å²) in [5.74, 6) is -0.322. The molecule has 0 aliphatic carbocycles. The van der Waals surface area contributed by atoms with E-state index in [0.717, 1.165) is 61.8 Å². The molecule has 0 heterocycles. The van der Waals surface area contributed by atoms with Gasteiger partial charge >= 0.3 is 11.9 Å². The fraction of sp³-hybridized carbons (Fsp3) is 0.273. The van der Waals surface area contributed by atoms with Crippen LogP contribution in [0.4, 0.5) is 8.78 Å². The van der Waals surface area contributed by atoms with Crippen molar-refractivity contribution in [1.29, 1.82) is 10.5 Å². The van der Waals surface area contributed by atoms with Gasteiger partial charge in [0.15, 0.2) is 23.0 Å². The van der Waals surface area contributed by atoms with Crippen molar-refractivity contribution < 1.29 is 46.8 Å². The third kappa shape index (κ3) is 14.6. The molecule has 0 aliphatic rings. The summed E-state index contributed by atoms with van der Waals surface area (Å²) in [5.41, 5.74) is 1.22. The van der Waals surface area contributed by atoms with Crippen molar-refractivity contribution in [3.63, 3.8) is 0 Å². The monoisotopic (exact) mass is 766 g/mol. The molecule has 0 saturated carbocycles. The highest BCUT2D eigenvalue weighted by molar-refractivity contribution is 5.89. The van der Waals surface area contributed by atoms with E-state index < -0.39 is 23.6 Å². The minimum Gasteiger partial charge on any atom is -0.493 e. The standard InChI is InChI=1S/2C22H22FNO4/c2*1-3-4-5-12-27-20-10-6-16(13-21(20)26-2)7-11-22(25)28-18-9-8-17(15-24)19(23)14-18/h2*6-11,13-14H,3-5,12H2,1-2H3/b2*11-7+. The summed E-state index contributed by atoms with van der Waals surface area (Å²) in [7, 11) is 3.10. The third-order valence-electron chi connectivity index (χ3n) is 7.77. The average molecular weight is 767 g/mol. The van der Waals surface area contributed by atoms with E-state index in [1.54, 1.807) is 74.9 Å². The summed E-state index contributed by atoms with van der Waals surface area (Å²) in [4.78, 5) is 23.8. The zero-order valence-electron chi connectivity index (χ0n) is 31.8. The summed E-state index contributed by atoms with van der Waals surface area (Å²) in [5, 5.41) is 17.4. The van der Waals surface area contributed by atoms with Gasteiger partial charge in [0.1, 0.15) is 35.3 Å². The van der Waals surface area contributed by atoms with E-state index >= 15 is 0 Å². The number of hydrogen-bond donors (Lipinski definition) is 0. The highest BCUT2D eigenvalue weighted by Crippen LogP contribution is 2.30. The Hall–Kier alpha value is -6.66. The smallest absolute Gasteiger partial charge is 0.336 e. The number of nitriles is 2. The number of carbonyl (C=O) groups excluding carboxylic acids is 2. The van der Waals surface area contributed by atoms with Gasteiger partial charge < -0.3 is 28.4 Å². The van der Waals surface area contributed by atoms with Crippen LogP contribution in [-0.4, -0.2) is 39.4 Å². The molecular weight excluding hydrogens is 722 g/mol. The molecule has 0 saturated heterocycles. The molecule has 4 rings (SSSR count). The van der Waals surface area contributed by atoms with Crippen molar-refractivity contribution in [1.82, 2.24) is 0 Å². The van der Waals surface area contributed by atoms with Gasteiger partial charge in [-0.3, -0.25) is 0 Å². The summed E-state index contributed by atoms with van der Waals surface area (Å²) in [6.45, 7) is 5.49. The van der Waals surface area contributed by atoms with E-state index in [-0.39, 0.29) is 22.6 Å². The number of halogens is 2. The number of nitrogens with zero attached hydrogens (tertiary/aromatic N) is 2. The summed E-state index contributed by atoms with van der Waals surface area (Å²) in [6, 6.07) is 21.3. The van der Waals surface area contributed by atoms with E-state index in [2.05, 4.69) is 13.8 Å². The van der Waals surface area contributed by atoms with Crippen LogP contribution in [-0.2, 0) is 9.59 Å². The second-order valence-electron chi connectivity index (χ2n) is 11.9. The van der Waals surface area contributed by atoms with Gasteiger partial charge in [0, 0.05) is 24.3 Å². The van der Waals surface area contributed by atoms with Gasteiger partial charge in [0.25, 0.3) is 0 Å². The van der Waals surface area contributed by atoms with Gasteiger partial charge in [-0.25, -0.2) is 18.4 Å². The lowest BCUT2D eigenvalue weighted by Crippen LogP contribution is -2.04. The van der Waals surface area contributed by atoms with Crippen molar-refractivity contribution in [2.45, 2.75) is 52.4 Å². The molecule has 0 spiro atoms. The Balaban J connectivity index is 0.000000300. The van der Waals surface area contributed by atoms with E-state index in [9.17, 15) is 18.4 Å². The highest BCUT2D eigenvalue weighted by atomic mass is 19.1. The molecule has 4 aromatic rings. The van der Waals surface area contributed by atoms with Gasteiger partial charge in [0.05, 0.1) is 38.6 Å². The van der Waals surface area contributed by atoms with E-state index in [4.69, 9.17) is 38.9 Å². The number of ether oxygens (including phenoxy) is 6. The van der Waals surface area contributed by atoms with Crippen molar-refractivity contribution in [2.24, 2.45) is 0 Å². The largest absolute Gasteiger partial charge is 0.493 e. The topological polar surface area (TPSA) is 137 Å². The predicted octanol–water partition coefficient (Wildman–Crippen LogP) is 9.79. The van der Waals surface area contributed by atoms with Gasteiger partial charge in [0.2, 0.25) is 0 Å². The maximum absolute atomic E-state index is 13.5. The van der Waals surface area contributed by atoms with E-state index in [0.29, 0.717) is 36.2 Å². The number of unbranched alkanes of at least 4 members (excludes halogenated alkanes) is 4. The number of rotatable bonds is 18. The predicted molar refractivity (Wildman–Crippen MR) is 208 cm³/mol. The lowest BCUT2D eigenvalue weighted by molar-refractivity contribution is -0.129. The van der Waals surface area contributed by atoms with Crippen LogP contribution in [0.15, 0.2) is 84.9 Å². The van der Waals surface area contributed by atoms with Crippen LogP contribution in [0.3, 0.4) is 0 Å². The van der Waals surface area contributed by atoms with Crippen molar-refractivity contribution in [3.8, 4) is 46.6 Å². The Kier molecular flexibility index (Phi) is 18.7. The maximum Gasteiger partial charge on any atom is 0.336 e. The molecule has 0 aliphatic heterocycles. The van der Waals surface area contributed by atoms with Crippen molar-refractivity contribution in [3.05, 3.63) is 119 Å². The van der Waals surface area contributed by atoms with Crippen molar-refractivity contribution >= 4 is 24.1 Å². The fourth-order valence-corrected chi connectivity index (χ4v) is 4.81. The summed E-state index contributed by atoms with van der Waals surface area (Å²) < 4.78 is 59.3. The molecule has 0 fully saturated rings. The van der Waals surface area contributed by atoms with Gasteiger partial charge in [-0.05, 0) is 84.7 Å². The number of esters is 2. The zero-order valence-corrected chi connectivity index (χ0v) is 31.8. The van der Waals surface area contributed by atoms with Crippen LogP contribution >= 0.6 is 0 Å². The molecule has 0 aromatic heterocycles. The maximum atomic E-state index is 13.5. The van der Waals surface area contributed by atoms with E-state index in [1.807, 2.05) is 0 Å². The molecule has 0 atom stereocenters. The molecule has 0 amide bonds. The Morgan fingerprint density at radius 2 is 1.00 bits per heavy atom. The molecule has 12 heteroatoms. The van der Waals surface area contributed by atoms with Gasteiger partial charge in [-0.2, -0.15) is 10.5 Å². The average Bonchev–Trinajstić information content (AvgIpc) is 3.20. The highest BCUT2D eigenvalue weighted by Gasteiger charge is 2.10. The third-order valence-corrected chi connectivity index (χ3v) is 7.77. The normalized spacial score (nSPS) is 10.5. The molecule has 0 radical (unpaired) electrons. The van der Waals surface area contributed by atoms with Crippen LogP contribution in [0.5, 0.6) is 34.5 Å². The first-order valence-corrected chi connectivity index (χ1v) is 17.9. The van der Waals surface area contributed by atoms with Gasteiger partial charge in [-0.15, -0.1) is 0 Å². The molecule has 0 unspecified atom stereocenters. The molecule has 292 valence electrons. The van der Waals surface area contributed by atoms with Gasteiger partial charge in [-0.1, -0.05) is 51.7 Å². The molecule has 0 N–H and O–H groups in total. The van der Waals surface area contributed by atoms with Crippen LogP contribution in [0, 0.1) is 34.3 Å². The number of benzene rings is 4. The van der Waals surface area contributed by atoms with E-state index in [1.165, 1.54) is 36.4 Å². The molecule has 0 bridgehead atoms. The molecule has 4 aromatic carbocycles. The zero-order chi connectivity index (χ0) is 40.7. The van der Waals surface area contributed by atoms with Crippen LogP contribution < -0.4 is 28.4 Å². The number of methoxy groups -OCH3 is 2. The fourth-order valence-electron chi connectivity index (χ4n) is 4.81. The number of carbonyl (C=O) groups is 2. The molecule has 10 nitrogen and oxygen atoms in total. The quantitative estimate of drug-likeness (QED) is 0.0417. The first-order valence-electron chi connectivity index (χ1n) is 17.9. The molecule has 56 heavy (non-hydrogen) atoms. The Morgan fingerprint density at radius 1 is 0.589 bits per heavy atom. The second kappa shape index (κ2) is 23.9. The minimum atomic E-state index is -0.740. The molecular formula is C44H44F2N2O8. The lowest BCUT2D eigenvalue weighted by Gasteiger charge is -2.11. The first-order chi connectivity index (χ1) is 27.1.